The van der Waals surface area contributed by atoms with E-state index in [0.29, 0.717) is 37.4 Å². The van der Waals surface area contributed by atoms with Gasteiger partial charge in [0.15, 0.2) is 11.2 Å². The minimum absolute atomic E-state index is 0.164. The lowest BCUT2D eigenvalue weighted by Crippen LogP contribution is -2.49. The summed E-state index contributed by atoms with van der Waals surface area (Å²) in [4.78, 5) is 34.4. The summed E-state index contributed by atoms with van der Waals surface area (Å²) in [5.41, 5.74) is 2.06. The highest BCUT2D eigenvalue weighted by Gasteiger charge is 2.28. The van der Waals surface area contributed by atoms with Crippen molar-refractivity contribution in [2.75, 3.05) is 31.1 Å². The fourth-order valence-electron chi connectivity index (χ4n) is 3.96. The third-order valence-corrected chi connectivity index (χ3v) is 5.71. The van der Waals surface area contributed by atoms with Crippen LogP contribution in [0.4, 0.5) is 10.1 Å². The van der Waals surface area contributed by atoms with E-state index >= 15 is 0 Å². The third-order valence-electron chi connectivity index (χ3n) is 5.71. The van der Waals surface area contributed by atoms with Gasteiger partial charge >= 0.3 is 0 Å². The minimum Gasteiger partial charge on any atom is -0.368 e. The van der Waals surface area contributed by atoms with Gasteiger partial charge in [0.1, 0.15) is 11.3 Å². The molecule has 0 unspecified atom stereocenters. The molecule has 5 rings (SSSR count). The van der Waals surface area contributed by atoms with Crippen molar-refractivity contribution < 1.29 is 9.18 Å². The molecule has 162 valence electrons. The fourth-order valence-corrected chi connectivity index (χ4v) is 3.96. The smallest absolute Gasteiger partial charge is 0.279 e. The molecule has 0 bridgehead atoms. The van der Waals surface area contributed by atoms with E-state index in [1.165, 1.54) is 27.7 Å². The second-order valence-electron chi connectivity index (χ2n) is 7.71. The van der Waals surface area contributed by atoms with Gasteiger partial charge in [-0.3, -0.25) is 9.59 Å². The van der Waals surface area contributed by atoms with Gasteiger partial charge < -0.3 is 14.4 Å². The number of para-hydroxylation sites is 1. The number of amides is 1. The maximum Gasteiger partial charge on any atom is 0.279 e. The number of aryl methyl sites for hydroxylation is 1. The van der Waals surface area contributed by atoms with Gasteiger partial charge in [-0.1, -0.05) is 18.2 Å². The van der Waals surface area contributed by atoms with Crippen LogP contribution < -0.4 is 10.5 Å². The summed E-state index contributed by atoms with van der Waals surface area (Å²) in [6, 6.07) is 15.6. The number of aromatic nitrogens is 4. The molecule has 9 heteroatoms. The maximum atomic E-state index is 13.4. The van der Waals surface area contributed by atoms with Crippen molar-refractivity contribution in [3.05, 3.63) is 82.8 Å². The Labute approximate surface area is 183 Å². The Morgan fingerprint density at radius 1 is 0.938 bits per heavy atom. The predicted molar refractivity (Wildman–Crippen MR) is 119 cm³/mol. The van der Waals surface area contributed by atoms with Crippen LogP contribution in [0, 0.1) is 5.82 Å². The zero-order chi connectivity index (χ0) is 22.2. The number of piperazine rings is 1. The molecule has 32 heavy (non-hydrogen) atoms. The van der Waals surface area contributed by atoms with E-state index in [1.54, 1.807) is 24.1 Å². The van der Waals surface area contributed by atoms with Crippen LogP contribution in [0.5, 0.6) is 0 Å². The molecule has 0 spiro atoms. The number of benzene rings is 2. The molecule has 1 saturated heterocycles. The molecular weight excluding hydrogens is 411 g/mol. The van der Waals surface area contributed by atoms with Crippen LogP contribution in [0.3, 0.4) is 0 Å². The molecule has 0 aliphatic carbocycles. The van der Waals surface area contributed by atoms with E-state index in [-0.39, 0.29) is 28.5 Å². The van der Waals surface area contributed by atoms with Crippen molar-refractivity contribution in [2.45, 2.75) is 0 Å². The standard InChI is InChI=1S/C23H21FN6O2/c1-27-15-25-19-20(26-30(21(19)23(27)32)18-5-3-2-4-6-18)22(31)29-13-11-28(12-14-29)17-9-7-16(24)8-10-17/h2-10,15H,11-14H2,1H3. The Morgan fingerprint density at radius 3 is 2.31 bits per heavy atom. The van der Waals surface area contributed by atoms with Crippen molar-refractivity contribution in [3.8, 4) is 5.69 Å². The maximum absolute atomic E-state index is 13.4. The molecule has 1 fully saturated rings. The number of fused-ring (bicyclic) bond motifs is 1. The van der Waals surface area contributed by atoms with Gasteiger partial charge in [0, 0.05) is 38.9 Å². The zero-order valence-corrected chi connectivity index (χ0v) is 17.5. The average Bonchev–Trinajstić information content (AvgIpc) is 3.22. The first-order chi connectivity index (χ1) is 15.5. The molecule has 3 heterocycles. The van der Waals surface area contributed by atoms with Crippen molar-refractivity contribution in [1.82, 2.24) is 24.2 Å². The van der Waals surface area contributed by atoms with E-state index < -0.39 is 0 Å². The van der Waals surface area contributed by atoms with Crippen LogP contribution in [0.25, 0.3) is 16.7 Å². The van der Waals surface area contributed by atoms with E-state index in [4.69, 9.17) is 0 Å². The lowest BCUT2D eigenvalue weighted by Gasteiger charge is -2.35. The Bertz CT molecular complexity index is 1340. The number of anilines is 1. The molecular formula is C23H21FN6O2. The SMILES string of the molecule is Cn1cnc2c(C(=O)N3CCN(c4ccc(F)cc4)CC3)nn(-c3ccccc3)c2c1=O. The van der Waals surface area contributed by atoms with Gasteiger partial charge in [-0.2, -0.15) is 5.10 Å². The van der Waals surface area contributed by atoms with Crippen molar-refractivity contribution >= 4 is 22.6 Å². The van der Waals surface area contributed by atoms with Gasteiger partial charge in [-0.05, 0) is 36.4 Å². The molecule has 2 aromatic carbocycles. The van der Waals surface area contributed by atoms with Crippen LogP contribution in [0.15, 0.2) is 65.7 Å². The highest BCUT2D eigenvalue weighted by atomic mass is 19.1. The third kappa shape index (κ3) is 3.41. The summed E-state index contributed by atoms with van der Waals surface area (Å²) in [7, 11) is 1.62. The molecule has 0 radical (unpaired) electrons. The molecule has 0 saturated carbocycles. The van der Waals surface area contributed by atoms with Crippen molar-refractivity contribution in [1.29, 1.82) is 0 Å². The van der Waals surface area contributed by atoms with Gasteiger partial charge in [0.25, 0.3) is 11.5 Å². The Morgan fingerprint density at radius 2 is 1.62 bits per heavy atom. The Balaban J connectivity index is 1.46. The summed E-state index contributed by atoms with van der Waals surface area (Å²) in [6.07, 6.45) is 1.41. The molecule has 4 aromatic rings. The predicted octanol–water partition coefficient (Wildman–Crippen LogP) is 2.22. The number of carbonyl (C=O) groups is 1. The first kappa shape index (κ1) is 19.9. The minimum atomic E-state index is -0.276. The summed E-state index contributed by atoms with van der Waals surface area (Å²) >= 11 is 0. The van der Waals surface area contributed by atoms with Crippen molar-refractivity contribution in [3.63, 3.8) is 0 Å². The largest absolute Gasteiger partial charge is 0.368 e. The highest BCUT2D eigenvalue weighted by molar-refractivity contribution is 6.03. The fraction of sp³-hybridized carbons (Fsp3) is 0.217. The van der Waals surface area contributed by atoms with Gasteiger partial charge in [0.05, 0.1) is 12.0 Å². The molecule has 1 amide bonds. The number of nitrogens with zero attached hydrogens (tertiary/aromatic N) is 6. The number of hydrogen-bond donors (Lipinski definition) is 0. The van der Waals surface area contributed by atoms with Crippen LogP contribution in [0.2, 0.25) is 0 Å². The molecule has 0 N–H and O–H groups in total. The molecule has 0 atom stereocenters. The van der Waals surface area contributed by atoms with Crippen LogP contribution in [0.1, 0.15) is 10.5 Å². The first-order valence-electron chi connectivity index (χ1n) is 10.3. The monoisotopic (exact) mass is 432 g/mol. The molecule has 2 aromatic heterocycles. The lowest BCUT2D eigenvalue weighted by atomic mass is 10.2. The number of halogens is 1. The average molecular weight is 432 g/mol. The van der Waals surface area contributed by atoms with E-state index in [1.807, 2.05) is 30.3 Å². The number of rotatable bonds is 3. The summed E-state index contributed by atoms with van der Waals surface area (Å²) < 4.78 is 16.1. The van der Waals surface area contributed by atoms with Crippen molar-refractivity contribution in [2.24, 2.45) is 7.05 Å². The highest BCUT2D eigenvalue weighted by Crippen LogP contribution is 2.21. The topological polar surface area (TPSA) is 76.3 Å². The van der Waals surface area contributed by atoms with Gasteiger partial charge in [-0.25, -0.2) is 14.1 Å². The van der Waals surface area contributed by atoms with E-state index in [0.717, 1.165) is 5.69 Å². The first-order valence-corrected chi connectivity index (χ1v) is 10.3. The quantitative estimate of drug-likeness (QED) is 0.496. The van der Waals surface area contributed by atoms with Crippen LogP contribution in [-0.2, 0) is 7.05 Å². The van der Waals surface area contributed by atoms with Gasteiger partial charge in [0.2, 0.25) is 0 Å². The number of hydrogen-bond acceptors (Lipinski definition) is 5. The normalized spacial score (nSPS) is 14.2. The zero-order valence-electron chi connectivity index (χ0n) is 17.5. The second-order valence-corrected chi connectivity index (χ2v) is 7.71. The Kier molecular flexibility index (Phi) is 4.93. The van der Waals surface area contributed by atoms with E-state index in [9.17, 15) is 14.0 Å². The van der Waals surface area contributed by atoms with Crippen LogP contribution >= 0.6 is 0 Å². The van der Waals surface area contributed by atoms with Gasteiger partial charge in [-0.15, -0.1) is 0 Å². The summed E-state index contributed by atoms with van der Waals surface area (Å²) in [5, 5.41) is 4.52. The Hall–Kier alpha value is -4.01. The van der Waals surface area contributed by atoms with Crippen LogP contribution in [-0.4, -0.2) is 56.3 Å². The molecule has 1 aliphatic heterocycles. The molecule has 8 nitrogen and oxygen atoms in total. The second kappa shape index (κ2) is 7.92. The molecule has 1 aliphatic rings. The summed E-state index contributed by atoms with van der Waals surface area (Å²) in [5.74, 6) is -0.536. The number of carbonyl (C=O) groups excluding carboxylic acids is 1. The summed E-state index contributed by atoms with van der Waals surface area (Å²) in [6.45, 7) is 2.20. The lowest BCUT2D eigenvalue weighted by molar-refractivity contribution is 0.0742. The van der Waals surface area contributed by atoms with E-state index in [2.05, 4.69) is 15.0 Å².